The number of nitrogens with one attached hydrogen (secondary N) is 1. The fraction of sp³-hybridized carbons (Fsp3) is 0.379. The van der Waals surface area contributed by atoms with E-state index in [0.29, 0.717) is 54.9 Å². The number of carbonyl (C=O) groups is 1. The Balaban J connectivity index is 1.34. The fourth-order valence-corrected chi connectivity index (χ4v) is 5.68. The van der Waals surface area contributed by atoms with E-state index in [9.17, 15) is 4.79 Å². The Bertz CT molecular complexity index is 1340. The first kappa shape index (κ1) is 26.9. The highest BCUT2D eigenvalue weighted by Gasteiger charge is 2.42. The number of benzene rings is 2. The monoisotopic (exact) mass is 548 g/mol. The molecule has 39 heavy (non-hydrogen) atoms. The van der Waals surface area contributed by atoms with Gasteiger partial charge in [-0.15, -0.1) is 10.2 Å². The Morgan fingerprint density at radius 1 is 1.13 bits per heavy atom. The molecule has 0 spiro atoms. The molecule has 0 radical (unpaired) electrons. The second kappa shape index (κ2) is 12.0. The Morgan fingerprint density at radius 2 is 1.95 bits per heavy atom. The SMILES string of the molecule is COc1ccc(C2CN(c3ccc(C#N)nn3)CC2C(=O)N2CCCC(c3ccc(Cl)cc3)NCC2)c(F)c1. The lowest BCUT2D eigenvalue weighted by Crippen LogP contribution is -2.45. The summed E-state index contributed by atoms with van der Waals surface area (Å²) in [7, 11) is 1.50. The summed E-state index contributed by atoms with van der Waals surface area (Å²) in [5.41, 5.74) is 1.88. The molecule has 0 aliphatic carbocycles. The summed E-state index contributed by atoms with van der Waals surface area (Å²) in [5, 5.41) is 21.5. The van der Waals surface area contributed by atoms with Crippen molar-refractivity contribution in [2.45, 2.75) is 24.8 Å². The first-order valence-electron chi connectivity index (χ1n) is 13.1. The van der Waals surface area contributed by atoms with Crippen LogP contribution in [-0.2, 0) is 4.79 Å². The molecule has 10 heteroatoms. The molecule has 2 saturated heterocycles. The number of rotatable bonds is 5. The van der Waals surface area contributed by atoms with Gasteiger partial charge in [0.1, 0.15) is 17.6 Å². The van der Waals surface area contributed by atoms with Gasteiger partial charge in [0.2, 0.25) is 5.91 Å². The number of carbonyl (C=O) groups excluding carboxylic acids is 1. The van der Waals surface area contributed by atoms with Crippen LogP contribution in [0.5, 0.6) is 5.75 Å². The summed E-state index contributed by atoms with van der Waals surface area (Å²) in [4.78, 5) is 17.8. The maximum absolute atomic E-state index is 15.2. The predicted molar refractivity (Wildman–Crippen MR) is 146 cm³/mol. The number of halogens is 2. The molecular formula is C29H30ClFN6O2. The van der Waals surface area contributed by atoms with Gasteiger partial charge >= 0.3 is 0 Å². The third kappa shape index (κ3) is 5.97. The minimum Gasteiger partial charge on any atom is -0.497 e. The lowest BCUT2D eigenvalue weighted by atomic mass is 9.87. The lowest BCUT2D eigenvalue weighted by molar-refractivity contribution is -0.135. The van der Waals surface area contributed by atoms with Crippen LogP contribution in [0.15, 0.2) is 54.6 Å². The Kier molecular flexibility index (Phi) is 8.24. The number of aromatic nitrogens is 2. The van der Waals surface area contributed by atoms with Gasteiger partial charge in [-0.05, 0) is 54.3 Å². The first-order valence-corrected chi connectivity index (χ1v) is 13.4. The average Bonchev–Trinajstić information content (AvgIpc) is 3.38. The zero-order valence-electron chi connectivity index (χ0n) is 21.7. The van der Waals surface area contributed by atoms with Crippen LogP contribution in [0.2, 0.25) is 5.02 Å². The molecule has 8 nitrogen and oxygen atoms in total. The second-order valence-corrected chi connectivity index (χ2v) is 10.4. The van der Waals surface area contributed by atoms with E-state index in [1.54, 1.807) is 24.3 Å². The molecule has 2 aromatic carbocycles. The van der Waals surface area contributed by atoms with E-state index in [1.165, 1.54) is 18.7 Å². The van der Waals surface area contributed by atoms with Gasteiger partial charge in [0.25, 0.3) is 0 Å². The second-order valence-electron chi connectivity index (χ2n) is 9.92. The summed E-state index contributed by atoms with van der Waals surface area (Å²) < 4.78 is 20.4. The molecule has 3 atom stereocenters. The fourth-order valence-electron chi connectivity index (χ4n) is 5.55. The summed E-state index contributed by atoms with van der Waals surface area (Å²) >= 11 is 6.05. The molecule has 2 aliphatic heterocycles. The Hall–Kier alpha value is -3.74. The van der Waals surface area contributed by atoms with E-state index in [1.807, 2.05) is 40.1 Å². The van der Waals surface area contributed by atoms with Crippen LogP contribution in [-0.4, -0.2) is 60.8 Å². The van der Waals surface area contributed by atoms with Gasteiger partial charge < -0.3 is 19.9 Å². The molecule has 3 aromatic rings. The van der Waals surface area contributed by atoms with E-state index in [0.717, 1.165) is 12.8 Å². The summed E-state index contributed by atoms with van der Waals surface area (Å²) in [6, 6.07) is 18.2. The number of hydrogen-bond acceptors (Lipinski definition) is 7. The molecule has 3 heterocycles. The molecular weight excluding hydrogens is 519 g/mol. The molecule has 3 unspecified atom stereocenters. The van der Waals surface area contributed by atoms with Crippen LogP contribution in [0.1, 0.15) is 41.6 Å². The Morgan fingerprint density at radius 3 is 2.64 bits per heavy atom. The molecule has 1 aromatic heterocycles. The molecule has 2 fully saturated rings. The quantitative estimate of drug-likeness (QED) is 0.507. The zero-order valence-corrected chi connectivity index (χ0v) is 22.4. The number of amides is 1. The summed E-state index contributed by atoms with van der Waals surface area (Å²) in [5.74, 6) is -0.241. The molecule has 1 N–H and O–H groups in total. The highest BCUT2D eigenvalue weighted by atomic mass is 35.5. The van der Waals surface area contributed by atoms with Gasteiger partial charge in [-0.3, -0.25) is 4.79 Å². The van der Waals surface area contributed by atoms with E-state index in [-0.39, 0.29) is 23.6 Å². The predicted octanol–water partition coefficient (Wildman–Crippen LogP) is 4.32. The van der Waals surface area contributed by atoms with Gasteiger partial charge in [-0.2, -0.15) is 5.26 Å². The Labute approximate surface area is 232 Å². The third-order valence-corrected chi connectivity index (χ3v) is 7.86. The van der Waals surface area contributed by atoms with Crippen molar-refractivity contribution in [2.75, 3.05) is 44.7 Å². The van der Waals surface area contributed by atoms with Crippen molar-refractivity contribution in [2.24, 2.45) is 5.92 Å². The smallest absolute Gasteiger partial charge is 0.228 e. The van der Waals surface area contributed by atoms with Crippen molar-refractivity contribution in [3.63, 3.8) is 0 Å². The van der Waals surface area contributed by atoms with Crippen LogP contribution in [0.4, 0.5) is 10.2 Å². The number of hydrogen-bond donors (Lipinski definition) is 1. The number of anilines is 1. The van der Waals surface area contributed by atoms with Crippen molar-refractivity contribution in [1.82, 2.24) is 20.4 Å². The number of nitriles is 1. The maximum atomic E-state index is 15.2. The average molecular weight is 549 g/mol. The van der Waals surface area contributed by atoms with Crippen LogP contribution >= 0.6 is 11.6 Å². The van der Waals surface area contributed by atoms with Crippen molar-refractivity contribution < 1.29 is 13.9 Å². The third-order valence-electron chi connectivity index (χ3n) is 7.61. The van der Waals surface area contributed by atoms with Crippen LogP contribution < -0.4 is 15.0 Å². The number of methoxy groups -OCH3 is 1. The van der Waals surface area contributed by atoms with Gasteiger partial charge in [-0.1, -0.05) is 29.8 Å². The topological polar surface area (TPSA) is 94.4 Å². The maximum Gasteiger partial charge on any atom is 0.228 e. The number of nitrogens with zero attached hydrogens (tertiary/aromatic N) is 5. The van der Waals surface area contributed by atoms with Crippen LogP contribution in [0.25, 0.3) is 0 Å². The lowest BCUT2D eigenvalue weighted by Gasteiger charge is -2.32. The van der Waals surface area contributed by atoms with Crippen LogP contribution in [0.3, 0.4) is 0 Å². The highest BCUT2D eigenvalue weighted by Crippen LogP contribution is 2.38. The van der Waals surface area contributed by atoms with E-state index in [2.05, 4.69) is 15.5 Å². The highest BCUT2D eigenvalue weighted by molar-refractivity contribution is 6.30. The van der Waals surface area contributed by atoms with E-state index < -0.39 is 11.7 Å². The molecule has 5 rings (SSSR count). The van der Waals surface area contributed by atoms with Crippen molar-refractivity contribution in [1.29, 1.82) is 5.26 Å². The number of ether oxygens (including phenoxy) is 1. The van der Waals surface area contributed by atoms with E-state index in [4.69, 9.17) is 21.6 Å². The summed E-state index contributed by atoms with van der Waals surface area (Å²) in [6.07, 6.45) is 1.73. The largest absolute Gasteiger partial charge is 0.497 e. The molecule has 202 valence electrons. The molecule has 0 bridgehead atoms. The summed E-state index contributed by atoms with van der Waals surface area (Å²) in [6.45, 7) is 2.64. The van der Waals surface area contributed by atoms with Gasteiger partial charge in [0, 0.05) is 55.8 Å². The molecule has 0 saturated carbocycles. The minimum absolute atomic E-state index is 0.00562. The van der Waals surface area contributed by atoms with Gasteiger partial charge in [0.05, 0.1) is 13.0 Å². The van der Waals surface area contributed by atoms with Gasteiger partial charge in [0.15, 0.2) is 11.5 Å². The normalized spacial score (nSPS) is 21.6. The minimum atomic E-state index is -0.461. The molecule has 2 aliphatic rings. The molecule has 1 amide bonds. The van der Waals surface area contributed by atoms with Crippen molar-refractivity contribution >= 4 is 23.3 Å². The van der Waals surface area contributed by atoms with E-state index >= 15 is 4.39 Å². The first-order chi connectivity index (χ1) is 19.0. The van der Waals surface area contributed by atoms with Crippen molar-refractivity contribution in [3.05, 3.63) is 82.3 Å². The zero-order chi connectivity index (χ0) is 27.4. The van der Waals surface area contributed by atoms with Gasteiger partial charge in [-0.25, -0.2) is 4.39 Å². The van der Waals surface area contributed by atoms with Crippen molar-refractivity contribution in [3.8, 4) is 11.8 Å². The van der Waals surface area contributed by atoms with Crippen LogP contribution in [0, 0.1) is 23.1 Å². The standard InChI is InChI=1S/C29H30ClFN6O2/c1-39-22-9-10-23(26(31)15-22)24-17-37(28-11-8-21(16-32)34-35-28)18-25(24)29(38)36-13-2-3-27(33-12-14-36)19-4-6-20(30)7-5-19/h4-11,15,24-25,27,33H,2-3,12-14,17-18H2,1H3.